The van der Waals surface area contributed by atoms with Crippen molar-refractivity contribution in [3.8, 4) is 0 Å². The minimum absolute atomic E-state index is 0.0250. The molecule has 6 nitrogen and oxygen atoms in total. The maximum absolute atomic E-state index is 12.7. The third-order valence-electron chi connectivity index (χ3n) is 5.23. The summed E-state index contributed by atoms with van der Waals surface area (Å²) in [6, 6.07) is -0.359. The molecule has 0 aromatic rings. The summed E-state index contributed by atoms with van der Waals surface area (Å²) in [4.78, 5) is 37.1. The van der Waals surface area contributed by atoms with Gasteiger partial charge in [-0.1, -0.05) is 20.8 Å². The van der Waals surface area contributed by atoms with E-state index in [1.165, 1.54) is 0 Å². The van der Waals surface area contributed by atoms with Crippen molar-refractivity contribution < 1.29 is 23.5 Å². The molecule has 1 heterocycles. The van der Waals surface area contributed by atoms with Gasteiger partial charge in [-0.3, -0.25) is 4.79 Å². The molecular weight excluding hydrogens is 350 g/mol. The molecule has 0 spiro atoms. The first-order valence-corrected chi connectivity index (χ1v) is 12.2. The van der Waals surface area contributed by atoms with Gasteiger partial charge in [-0.15, -0.1) is 0 Å². The summed E-state index contributed by atoms with van der Waals surface area (Å²) in [5, 5.41) is 0.0250. The summed E-state index contributed by atoms with van der Waals surface area (Å²) in [5.41, 5.74) is -0.680. The monoisotopic (exact) mass is 385 g/mol. The van der Waals surface area contributed by atoms with E-state index in [1.807, 2.05) is 6.92 Å². The van der Waals surface area contributed by atoms with Gasteiger partial charge in [-0.05, 0) is 52.2 Å². The van der Waals surface area contributed by atoms with E-state index in [0.29, 0.717) is 12.8 Å². The Hall–Kier alpha value is -1.21. The number of carbonyl (C=O) groups is 3. The molecule has 7 heteroatoms. The molecule has 1 fully saturated rings. The molecule has 0 saturated carbocycles. The van der Waals surface area contributed by atoms with E-state index in [4.69, 9.17) is 9.16 Å². The third-order valence-corrected chi connectivity index (χ3v) is 9.81. The Balaban J connectivity index is 2.95. The van der Waals surface area contributed by atoms with Crippen LogP contribution in [0.25, 0.3) is 0 Å². The second-order valence-corrected chi connectivity index (χ2v) is 14.4. The lowest BCUT2D eigenvalue weighted by molar-refractivity contribution is -0.161. The van der Waals surface area contributed by atoms with Crippen LogP contribution in [-0.2, 0) is 18.8 Å². The maximum atomic E-state index is 12.7. The molecule has 0 radical (unpaired) electrons. The Labute approximate surface area is 158 Å². The molecule has 0 unspecified atom stereocenters. The van der Waals surface area contributed by atoms with Crippen LogP contribution >= 0.6 is 0 Å². The molecule has 1 aliphatic rings. The van der Waals surface area contributed by atoms with Crippen LogP contribution in [0.5, 0.6) is 0 Å². The predicted molar refractivity (Wildman–Crippen MR) is 103 cm³/mol. The Bertz CT molecular complexity index is 547. The molecule has 0 N–H and O–H groups in total. The van der Waals surface area contributed by atoms with Crippen LogP contribution in [-0.4, -0.2) is 49.3 Å². The lowest BCUT2D eigenvalue weighted by atomic mass is 9.81. The molecule has 1 saturated heterocycles. The van der Waals surface area contributed by atoms with Crippen molar-refractivity contribution in [2.24, 2.45) is 5.92 Å². The molecular formula is C19H35NO5Si. The van der Waals surface area contributed by atoms with Crippen LogP contribution in [0.4, 0.5) is 4.79 Å². The SMILES string of the molecule is C[C@@H](O[Si](C)(C)C(C)(C)C)[C@H]1C(=O)N(C(=O)OC(C)(C)C)[C@@H]1CCC=O. The first-order valence-electron chi connectivity index (χ1n) is 9.30. The molecule has 1 rings (SSSR count). The van der Waals surface area contributed by atoms with Crippen molar-refractivity contribution in [3.63, 3.8) is 0 Å². The third kappa shape index (κ3) is 5.16. The van der Waals surface area contributed by atoms with E-state index in [0.717, 1.165) is 11.2 Å². The second kappa shape index (κ2) is 7.80. The molecule has 2 amide bonds. The molecule has 26 heavy (non-hydrogen) atoms. The number of β-lactam (4-membered cyclic amide) rings is 1. The van der Waals surface area contributed by atoms with E-state index in [1.54, 1.807) is 20.8 Å². The highest BCUT2D eigenvalue weighted by molar-refractivity contribution is 6.74. The lowest BCUT2D eigenvalue weighted by Gasteiger charge is -2.50. The van der Waals surface area contributed by atoms with Crippen molar-refractivity contribution in [2.45, 2.75) is 97.2 Å². The summed E-state index contributed by atoms with van der Waals surface area (Å²) >= 11 is 0. The lowest BCUT2D eigenvalue weighted by Crippen LogP contribution is -2.67. The highest BCUT2D eigenvalue weighted by Gasteiger charge is 2.55. The molecule has 3 atom stereocenters. The number of nitrogens with zero attached hydrogens (tertiary/aromatic N) is 1. The average Bonchev–Trinajstić information content (AvgIpc) is 2.38. The van der Waals surface area contributed by atoms with Gasteiger partial charge in [-0.25, -0.2) is 9.69 Å². The Morgan fingerprint density at radius 2 is 1.77 bits per heavy atom. The summed E-state index contributed by atoms with van der Waals surface area (Å²) in [6.45, 7) is 17.9. The Kier molecular flexibility index (Phi) is 6.85. The number of likely N-dealkylation sites (tertiary alicyclic amines) is 1. The molecule has 0 aliphatic carbocycles. The summed E-state index contributed by atoms with van der Waals surface area (Å²) in [5.74, 6) is -0.696. The zero-order valence-corrected chi connectivity index (χ0v) is 18.7. The summed E-state index contributed by atoms with van der Waals surface area (Å²) in [7, 11) is -2.05. The number of amides is 2. The van der Waals surface area contributed by atoms with Gasteiger partial charge < -0.3 is 14.0 Å². The number of hydrogen-bond donors (Lipinski definition) is 0. The molecule has 0 bridgehead atoms. The minimum Gasteiger partial charge on any atom is -0.443 e. The fourth-order valence-electron chi connectivity index (χ4n) is 2.88. The normalized spacial score (nSPS) is 22.7. The van der Waals surface area contributed by atoms with E-state index >= 15 is 0 Å². The summed E-state index contributed by atoms with van der Waals surface area (Å²) in [6.07, 6.45) is 0.588. The van der Waals surface area contributed by atoms with Gasteiger partial charge in [0.25, 0.3) is 0 Å². The number of rotatable bonds is 6. The van der Waals surface area contributed by atoms with Crippen molar-refractivity contribution in [2.75, 3.05) is 0 Å². The highest BCUT2D eigenvalue weighted by Crippen LogP contribution is 2.41. The number of hydrogen-bond acceptors (Lipinski definition) is 5. The van der Waals surface area contributed by atoms with Crippen molar-refractivity contribution in [1.29, 1.82) is 0 Å². The Morgan fingerprint density at radius 3 is 2.19 bits per heavy atom. The van der Waals surface area contributed by atoms with Gasteiger partial charge in [0, 0.05) is 6.42 Å². The van der Waals surface area contributed by atoms with Gasteiger partial charge in [0.05, 0.1) is 18.1 Å². The predicted octanol–water partition coefficient (Wildman–Crippen LogP) is 4.14. The Morgan fingerprint density at radius 1 is 1.23 bits per heavy atom. The van der Waals surface area contributed by atoms with Gasteiger partial charge in [0.1, 0.15) is 11.9 Å². The zero-order valence-electron chi connectivity index (χ0n) is 17.7. The van der Waals surface area contributed by atoms with Crippen molar-refractivity contribution in [3.05, 3.63) is 0 Å². The van der Waals surface area contributed by atoms with Crippen LogP contribution in [0.1, 0.15) is 61.3 Å². The van der Waals surface area contributed by atoms with E-state index in [-0.39, 0.29) is 23.1 Å². The van der Waals surface area contributed by atoms with Gasteiger partial charge in [0.2, 0.25) is 5.91 Å². The van der Waals surface area contributed by atoms with Gasteiger partial charge >= 0.3 is 6.09 Å². The minimum atomic E-state index is -2.05. The first kappa shape index (κ1) is 22.8. The largest absolute Gasteiger partial charge is 0.443 e. The van der Waals surface area contributed by atoms with E-state index in [2.05, 4.69) is 33.9 Å². The standard InChI is InChI=1S/C19H35NO5Si/c1-13(25-26(8,9)19(5,6)7)15-14(11-10-12-21)20(16(15)22)17(23)24-18(2,3)4/h12-15H,10-11H2,1-9H3/t13-,14-,15-/m1/s1. The van der Waals surface area contributed by atoms with E-state index < -0.39 is 25.9 Å². The quantitative estimate of drug-likeness (QED) is 0.390. The maximum Gasteiger partial charge on any atom is 0.417 e. The smallest absolute Gasteiger partial charge is 0.417 e. The van der Waals surface area contributed by atoms with Gasteiger partial charge in [-0.2, -0.15) is 0 Å². The van der Waals surface area contributed by atoms with E-state index in [9.17, 15) is 14.4 Å². The van der Waals surface area contributed by atoms with Crippen LogP contribution < -0.4 is 0 Å². The van der Waals surface area contributed by atoms with Crippen LogP contribution in [0.2, 0.25) is 18.1 Å². The van der Waals surface area contributed by atoms with Crippen molar-refractivity contribution in [1.82, 2.24) is 4.90 Å². The fourth-order valence-corrected chi connectivity index (χ4v) is 4.31. The van der Waals surface area contributed by atoms with Crippen LogP contribution in [0.15, 0.2) is 0 Å². The topological polar surface area (TPSA) is 72.9 Å². The fraction of sp³-hybridized carbons (Fsp3) is 0.842. The summed E-state index contributed by atoms with van der Waals surface area (Å²) < 4.78 is 11.7. The highest BCUT2D eigenvalue weighted by atomic mass is 28.4. The first-order chi connectivity index (χ1) is 11.6. The molecule has 1 aliphatic heterocycles. The number of carbonyl (C=O) groups excluding carboxylic acids is 3. The molecule has 0 aromatic heterocycles. The number of imide groups is 1. The van der Waals surface area contributed by atoms with Crippen LogP contribution in [0.3, 0.4) is 0 Å². The average molecular weight is 386 g/mol. The van der Waals surface area contributed by atoms with Crippen molar-refractivity contribution >= 4 is 26.6 Å². The number of aldehydes is 1. The molecule has 150 valence electrons. The van der Waals surface area contributed by atoms with Crippen LogP contribution in [0, 0.1) is 5.92 Å². The zero-order chi connectivity index (χ0) is 20.5. The molecule has 0 aromatic carbocycles. The second-order valence-electron chi connectivity index (χ2n) is 9.61. The van der Waals surface area contributed by atoms with Gasteiger partial charge in [0.15, 0.2) is 8.32 Å². The number of ether oxygens (including phenoxy) is 1.